The number of ether oxygens (including phenoxy) is 1. The number of hydrogen-bond acceptors (Lipinski definition) is 3. The predicted octanol–water partition coefficient (Wildman–Crippen LogP) is 1.45. The van der Waals surface area contributed by atoms with Crippen molar-refractivity contribution in [1.29, 1.82) is 0 Å². The molecule has 0 aliphatic carbocycles. The smallest absolute Gasteiger partial charge is 0.410 e. The van der Waals surface area contributed by atoms with E-state index in [1.807, 2.05) is 4.90 Å². The second kappa shape index (κ2) is 4.39. The summed E-state index contributed by atoms with van der Waals surface area (Å²) in [4.78, 5) is 13.4. The van der Waals surface area contributed by atoms with Gasteiger partial charge in [-0.05, 0) is 17.9 Å². The molecule has 0 radical (unpaired) electrons. The van der Waals surface area contributed by atoms with Gasteiger partial charge in [0.15, 0.2) is 0 Å². The van der Waals surface area contributed by atoms with E-state index in [0.717, 1.165) is 0 Å². The van der Waals surface area contributed by atoms with E-state index < -0.39 is 0 Å². The molecular formula is C11H22N2O2. The Balaban J connectivity index is 2.69. The first-order chi connectivity index (χ1) is 6.87. The van der Waals surface area contributed by atoms with Gasteiger partial charge in [-0.3, -0.25) is 0 Å². The normalized spacial score (nSPS) is 22.4. The van der Waals surface area contributed by atoms with Gasteiger partial charge in [-0.25, -0.2) is 4.79 Å². The third kappa shape index (κ3) is 2.84. The number of carbonyl (C=O) groups excluding carboxylic acids is 1. The summed E-state index contributed by atoms with van der Waals surface area (Å²) in [7, 11) is 0. The van der Waals surface area contributed by atoms with Crippen molar-refractivity contribution >= 4 is 6.09 Å². The summed E-state index contributed by atoms with van der Waals surface area (Å²) in [5.41, 5.74) is 5.63. The fraction of sp³-hybridized carbons (Fsp3) is 0.909. The predicted molar refractivity (Wildman–Crippen MR) is 59.5 cm³/mol. The Morgan fingerprint density at radius 3 is 2.67 bits per heavy atom. The first-order valence-corrected chi connectivity index (χ1v) is 5.51. The summed E-state index contributed by atoms with van der Waals surface area (Å²) >= 11 is 0. The third-order valence-electron chi connectivity index (χ3n) is 2.93. The summed E-state index contributed by atoms with van der Waals surface area (Å²) in [5.74, 6) is 0.421. The van der Waals surface area contributed by atoms with Crippen molar-refractivity contribution in [2.24, 2.45) is 17.1 Å². The van der Waals surface area contributed by atoms with Crippen molar-refractivity contribution in [3.8, 4) is 0 Å². The van der Waals surface area contributed by atoms with E-state index in [-0.39, 0.29) is 17.6 Å². The van der Waals surface area contributed by atoms with Crippen molar-refractivity contribution in [3.05, 3.63) is 0 Å². The topological polar surface area (TPSA) is 55.6 Å². The van der Waals surface area contributed by atoms with Crippen molar-refractivity contribution in [1.82, 2.24) is 4.90 Å². The molecule has 1 aliphatic heterocycles. The van der Waals surface area contributed by atoms with E-state index in [2.05, 4.69) is 27.7 Å². The molecular weight excluding hydrogens is 192 g/mol. The van der Waals surface area contributed by atoms with Gasteiger partial charge in [0.25, 0.3) is 0 Å². The number of cyclic esters (lactones) is 1. The number of rotatable bonds is 4. The number of carbonyl (C=O) groups is 1. The second-order valence-electron chi connectivity index (χ2n) is 5.38. The Morgan fingerprint density at radius 2 is 2.20 bits per heavy atom. The third-order valence-corrected chi connectivity index (χ3v) is 2.93. The zero-order valence-electron chi connectivity index (χ0n) is 10.1. The monoisotopic (exact) mass is 214 g/mol. The van der Waals surface area contributed by atoms with Crippen molar-refractivity contribution < 1.29 is 9.53 Å². The fourth-order valence-corrected chi connectivity index (χ4v) is 1.72. The summed E-state index contributed by atoms with van der Waals surface area (Å²) in [6, 6.07) is 0.198. The first-order valence-electron chi connectivity index (χ1n) is 5.51. The van der Waals surface area contributed by atoms with E-state index in [1.165, 1.54) is 0 Å². The average Bonchev–Trinajstić information content (AvgIpc) is 2.48. The Morgan fingerprint density at radius 1 is 1.60 bits per heavy atom. The van der Waals surface area contributed by atoms with Crippen LogP contribution in [0.3, 0.4) is 0 Å². The van der Waals surface area contributed by atoms with Gasteiger partial charge in [0.2, 0.25) is 0 Å². The van der Waals surface area contributed by atoms with Gasteiger partial charge in [0.05, 0.1) is 6.04 Å². The minimum absolute atomic E-state index is 0.0451. The maximum Gasteiger partial charge on any atom is 0.410 e. The fourth-order valence-electron chi connectivity index (χ4n) is 1.72. The van der Waals surface area contributed by atoms with Crippen LogP contribution in [-0.2, 0) is 4.74 Å². The lowest BCUT2D eigenvalue weighted by Gasteiger charge is -2.32. The molecule has 1 fully saturated rings. The van der Waals surface area contributed by atoms with E-state index in [0.29, 0.717) is 25.6 Å². The molecule has 2 N–H and O–H groups in total. The van der Waals surface area contributed by atoms with Crippen LogP contribution in [0.1, 0.15) is 27.7 Å². The molecule has 1 heterocycles. The highest BCUT2D eigenvalue weighted by atomic mass is 16.6. The van der Waals surface area contributed by atoms with Crippen molar-refractivity contribution in [2.75, 3.05) is 19.7 Å². The Labute approximate surface area is 91.8 Å². The maximum absolute atomic E-state index is 11.5. The number of nitrogens with two attached hydrogens (primary N) is 1. The largest absolute Gasteiger partial charge is 0.447 e. The van der Waals surface area contributed by atoms with Crippen LogP contribution < -0.4 is 5.73 Å². The SMILES string of the molecule is CC(C)C1COC(=O)N1CC(C)(C)CN. The standard InChI is InChI=1S/C11H22N2O2/c1-8(2)9-5-15-10(14)13(9)7-11(3,4)6-12/h8-9H,5-7,12H2,1-4H3. The molecule has 1 rings (SSSR count). The Kier molecular flexibility index (Phi) is 3.60. The molecule has 88 valence electrons. The Hall–Kier alpha value is -0.770. The highest BCUT2D eigenvalue weighted by molar-refractivity contribution is 5.70. The number of nitrogens with zero attached hydrogens (tertiary/aromatic N) is 1. The summed E-state index contributed by atoms with van der Waals surface area (Å²) in [6.45, 7) is 10.1. The van der Waals surface area contributed by atoms with Crippen LogP contribution in [0.5, 0.6) is 0 Å². The molecule has 4 heteroatoms. The first kappa shape index (κ1) is 12.3. The van der Waals surface area contributed by atoms with Gasteiger partial charge < -0.3 is 15.4 Å². The van der Waals surface area contributed by atoms with Crippen LogP contribution in [0.25, 0.3) is 0 Å². The van der Waals surface area contributed by atoms with Gasteiger partial charge >= 0.3 is 6.09 Å². The van der Waals surface area contributed by atoms with Crippen LogP contribution in [0, 0.1) is 11.3 Å². The lowest BCUT2D eigenvalue weighted by Crippen LogP contribution is -2.45. The molecule has 0 saturated carbocycles. The summed E-state index contributed by atoms with van der Waals surface area (Å²) < 4.78 is 5.08. The molecule has 15 heavy (non-hydrogen) atoms. The lowest BCUT2D eigenvalue weighted by molar-refractivity contribution is 0.138. The summed E-state index contributed by atoms with van der Waals surface area (Å²) in [6.07, 6.45) is -0.199. The molecule has 0 spiro atoms. The van der Waals surface area contributed by atoms with E-state index >= 15 is 0 Å². The quantitative estimate of drug-likeness (QED) is 0.770. The molecule has 0 aromatic carbocycles. The lowest BCUT2D eigenvalue weighted by atomic mass is 9.91. The average molecular weight is 214 g/mol. The van der Waals surface area contributed by atoms with Crippen molar-refractivity contribution in [2.45, 2.75) is 33.7 Å². The molecule has 0 aromatic heterocycles. The van der Waals surface area contributed by atoms with Gasteiger partial charge in [-0.15, -0.1) is 0 Å². The van der Waals surface area contributed by atoms with Crippen LogP contribution in [0.4, 0.5) is 4.79 Å². The van der Waals surface area contributed by atoms with Crippen LogP contribution in [0.2, 0.25) is 0 Å². The molecule has 1 unspecified atom stereocenters. The van der Waals surface area contributed by atoms with E-state index in [1.54, 1.807) is 0 Å². The molecule has 0 aromatic rings. The van der Waals surface area contributed by atoms with E-state index in [4.69, 9.17) is 10.5 Å². The van der Waals surface area contributed by atoms with Crippen molar-refractivity contribution in [3.63, 3.8) is 0 Å². The van der Waals surface area contributed by atoms with Crippen LogP contribution in [0.15, 0.2) is 0 Å². The second-order valence-corrected chi connectivity index (χ2v) is 5.38. The zero-order chi connectivity index (χ0) is 11.6. The van der Waals surface area contributed by atoms with Gasteiger partial charge in [-0.1, -0.05) is 27.7 Å². The number of amides is 1. The highest BCUT2D eigenvalue weighted by Crippen LogP contribution is 2.24. The van der Waals surface area contributed by atoms with Crippen LogP contribution >= 0.6 is 0 Å². The number of hydrogen-bond donors (Lipinski definition) is 1. The van der Waals surface area contributed by atoms with E-state index in [9.17, 15) is 4.79 Å². The van der Waals surface area contributed by atoms with Gasteiger partial charge in [-0.2, -0.15) is 0 Å². The van der Waals surface area contributed by atoms with Gasteiger partial charge in [0, 0.05) is 6.54 Å². The van der Waals surface area contributed by atoms with Gasteiger partial charge in [0.1, 0.15) is 6.61 Å². The Bertz CT molecular complexity index is 239. The van der Waals surface area contributed by atoms with Crippen LogP contribution in [-0.4, -0.2) is 36.7 Å². The minimum atomic E-state index is -0.199. The molecule has 4 nitrogen and oxygen atoms in total. The molecule has 1 amide bonds. The molecule has 1 aliphatic rings. The maximum atomic E-state index is 11.5. The zero-order valence-corrected chi connectivity index (χ0v) is 10.1. The highest BCUT2D eigenvalue weighted by Gasteiger charge is 2.37. The molecule has 0 bridgehead atoms. The molecule has 1 atom stereocenters. The summed E-state index contributed by atoms with van der Waals surface area (Å²) in [5, 5.41) is 0. The minimum Gasteiger partial charge on any atom is -0.447 e. The molecule has 1 saturated heterocycles.